The Balaban J connectivity index is 1.55. The third kappa shape index (κ3) is 3.48. The van der Waals surface area contributed by atoms with E-state index in [-0.39, 0.29) is 29.6 Å². The number of nitrogens with zero attached hydrogens (tertiary/aromatic N) is 4. The summed E-state index contributed by atoms with van der Waals surface area (Å²) in [7, 11) is 0. The summed E-state index contributed by atoms with van der Waals surface area (Å²) in [6.07, 6.45) is 4.14. The number of halogens is 2. The van der Waals surface area contributed by atoms with Crippen molar-refractivity contribution >= 4 is 16.6 Å². The topological polar surface area (TPSA) is 66.3 Å². The van der Waals surface area contributed by atoms with Gasteiger partial charge in [0.05, 0.1) is 11.1 Å². The average molecular weight is 437 g/mol. The lowest BCUT2D eigenvalue weighted by atomic mass is 9.91. The lowest BCUT2D eigenvalue weighted by Gasteiger charge is -2.37. The molecule has 1 aliphatic rings. The van der Waals surface area contributed by atoms with Crippen LogP contribution in [0, 0.1) is 12.7 Å². The molecular formula is C24H25F2N5O. The van der Waals surface area contributed by atoms with Crippen LogP contribution in [0.15, 0.2) is 41.5 Å². The SMILES string of the molecule is Cc1cn2cc(-c3cc(F)c4nc(C5(F)CCN(C(C)C)CC5)[nH]c(=O)c4c3)ccc2n1. The van der Waals surface area contributed by atoms with Gasteiger partial charge in [0.15, 0.2) is 5.67 Å². The highest BCUT2D eigenvalue weighted by atomic mass is 19.1. The van der Waals surface area contributed by atoms with Gasteiger partial charge in [0, 0.05) is 44.4 Å². The van der Waals surface area contributed by atoms with Crippen molar-refractivity contribution in [3.63, 3.8) is 0 Å². The second kappa shape index (κ2) is 7.48. The van der Waals surface area contributed by atoms with Crippen LogP contribution >= 0.6 is 0 Å². The van der Waals surface area contributed by atoms with Crippen molar-refractivity contribution in [2.24, 2.45) is 0 Å². The van der Waals surface area contributed by atoms with E-state index in [1.54, 1.807) is 6.07 Å². The van der Waals surface area contributed by atoms with E-state index in [9.17, 15) is 4.79 Å². The fraction of sp³-hybridized carbons (Fsp3) is 0.375. The molecule has 8 heteroatoms. The number of hydrogen-bond donors (Lipinski definition) is 1. The zero-order valence-electron chi connectivity index (χ0n) is 18.3. The number of alkyl halides is 1. The van der Waals surface area contributed by atoms with Gasteiger partial charge in [-0.1, -0.05) is 0 Å². The van der Waals surface area contributed by atoms with E-state index < -0.39 is 17.0 Å². The normalized spacial score (nSPS) is 16.9. The van der Waals surface area contributed by atoms with Gasteiger partial charge in [0.25, 0.3) is 5.56 Å². The predicted molar refractivity (Wildman–Crippen MR) is 120 cm³/mol. The molecule has 0 aliphatic carbocycles. The fourth-order valence-corrected chi connectivity index (χ4v) is 4.50. The van der Waals surface area contributed by atoms with Crippen molar-refractivity contribution in [1.29, 1.82) is 0 Å². The van der Waals surface area contributed by atoms with Gasteiger partial charge < -0.3 is 14.3 Å². The second-order valence-corrected chi connectivity index (χ2v) is 8.93. The first kappa shape index (κ1) is 20.8. The number of piperidine rings is 1. The lowest BCUT2D eigenvalue weighted by Crippen LogP contribution is -2.44. The molecule has 0 unspecified atom stereocenters. The van der Waals surface area contributed by atoms with E-state index in [0.717, 1.165) is 16.9 Å². The first-order chi connectivity index (χ1) is 15.2. The molecule has 1 fully saturated rings. The lowest BCUT2D eigenvalue weighted by molar-refractivity contribution is 0.0359. The Bertz CT molecular complexity index is 1380. The Hall–Kier alpha value is -3.13. The van der Waals surface area contributed by atoms with Crippen LogP contribution in [0.25, 0.3) is 27.7 Å². The summed E-state index contributed by atoms with van der Waals surface area (Å²) >= 11 is 0. The van der Waals surface area contributed by atoms with E-state index >= 15 is 8.78 Å². The van der Waals surface area contributed by atoms with Gasteiger partial charge >= 0.3 is 0 Å². The summed E-state index contributed by atoms with van der Waals surface area (Å²) in [5.41, 5.74) is 0.538. The number of H-pyrrole nitrogens is 1. The number of aromatic amines is 1. The van der Waals surface area contributed by atoms with E-state index in [2.05, 4.69) is 33.7 Å². The summed E-state index contributed by atoms with van der Waals surface area (Å²) in [5.74, 6) is -0.727. The van der Waals surface area contributed by atoms with Gasteiger partial charge in [-0.05, 0) is 56.2 Å². The molecule has 4 heterocycles. The molecule has 0 spiro atoms. The van der Waals surface area contributed by atoms with Gasteiger partial charge in [-0.25, -0.2) is 18.7 Å². The molecule has 0 atom stereocenters. The molecule has 0 bridgehead atoms. The molecule has 0 amide bonds. The van der Waals surface area contributed by atoms with E-state index in [4.69, 9.17) is 0 Å². The molecule has 32 heavy (non-hydrogen) atoms. The molecule has 0 radical (unpaired) electrons. The van der Waals surface area contributed by atoms with E-state index in [1.165, 1.54) is 6.07 Å². The Morgan fingerprint density at radius 1 is 1.09 bits per heavy atom. The van der Waals surface area contributed by atoms with Crippen molar-refractivity contribution in [1.82, 2.24) is 24.3 Å². The first-order valence-corrected chi connectivity index (χ1v) is 10.9. The summed E-state index contributed by atoms with van der Waals surface area (Å²) in [4.78, 5) is 26.3. The van der Waals surface area contributed by atoms with Gasteiger partial charge in [0.1, 0.15) is 22.8 Å². The molecular weight excluding hydrogens is 412 g/mol. The summed E-state index contributed by atoms with van der Waals surface area (Å²) < 4.78 is 32.6. The zero-order valence-corrected chi connectivity index (χ0v) is 18.3. The maximum atomic E-state index is 15.7. The van der Waals surface area contributed by atoms with Crippen molar-refractivity contribution in [2.45, 2.75) is 45.3 Å². The highest BCUT2D eigenvalue weighted by Crippen LogP contribution is 2.36. The summed E-state index contributed by atoms with van der Waals surface area (Å²) in [5, 5.41) is 0.105. The molecule has 1 aromatic carbocycles. The predicted octanol–water partition coefficient (Wildman–Crippen LogP) is 4.35. The number of aryl methyl sites for hydroxylation is 1. The monoisotopic (exact) mass is 437 g/mol. The molecule has 6 nitrogen and oxygen atoms in total. The van der Waals surface area contributed by atoms with E-state index in [1.807, 2.05) is 35.9 Å². The van der Waals surface area contributed by atoms with E-state index in [0.29, 0.717) is 24.7 Å². The molecule has 1 N–H and O–H groups in total. The number of aromatic nitrogens is 4. The minimum Gasteiger partial charge on any atom is -0.307 e. The highest BCUT2D eigenvalue weighted by Gasteiger charge is 2.39. The number of pyridine rings is 1. The number of likely N-dealkylation sites (tertiary alicyclic amines) is 1. The number of hydrogen-bond acceptors (Lipinski definition) is 4. The van der Waals surface area contributed by atoms with Gasteiger partial charge in [-0.3, -0.25) is 4.79 Å². The number of nitrogens with one attached hydrogen (secondary N) is 1. The molecule has 3 aromatic heterocycles. The molecule has 0 saturated carbocycles. The van der Waals surface area contributed by atoms with Gasteiger partial charge in [0.2, 0.25) is 0 Å². The minimum absolute atomic E-state index is 0.0830. The maximum Gasteiger partial charge on any atom is 0.258 e. The van der Waals surface area contributed by atoms with Crippen molar-refractivity contribution < 1.29 is 8.78 Å². The molecule has 5 rings (SSSR count). The van der Waals surface area contributed by atoms with Crippen molar-refractivity contribution in [3.8, 4) is 11.1 Å². The van der Waals surface area contributed by atoms with Crippen LogP contribution in [0.4, 0.5) is 8.78 Å². The Morgan fingerprint density at radius 2 is 1.84 bits per heavy atom. The standard InChI is InChI=1S/C24H25F2N5O/c1-14(2)30-8-6-24(26,7-9-30)23-28-21-18(22(32)29-23)10-17(11-19(21)25)16-4-5-20-27-15(3)12-31(20)13-16/h4-5,10-14H,6-9H2,1-3H3,(H,28,29,32). The van der Waals surface area contributed by atoms with Crippen LogP contribution in [0.3, 0.4) is 0 Å². The highest BCUT2D eigenvalue weighted by molar-refractivity contribution is 5.84. The largest absolute Gasteiger partial charge is 0.307 e. The zero-order chi connectivity index (χ0) is 22.6. The van der Waals surface area contributed by atoms with Crippen LogP contribution in [0.1, 0.15) is 38.2 Å². The summed E-state index contributed by atoms with van der Waals surface area (Å²) in [6.45, 7) is 7.16. The number of imidazole rings is 1. The van der Waals surface area contributed by atoms with Gasteiger partial charge in [-0.15, -0.1) is 0 Å². The Kier molecular flexibility index (Phi) is 4.85. The van der Waals surface area contributed by atoms with Crippen LogP contribution in [0.2, 0.25) is 0 Å². The van der Waals surface area contributed by atoms with Gasteiger partial charge in [-0.2, -0.15) is 0 Å². The van der Waals surface area contributed by atoms with Crippen molar-refractivity contribution in [3.05, 3.63) is 64.3 Å². The third-order valence-corrected chi connectivity index (χ3v) is 6.41. The van der Waals surface area contributed by atoms with Crippen LogP contribution in [-0.2, 0) is 5.67 Å². The average Bonchev–Trinajstić information content (AvgIpc) is 3.13. The van der Waals surface area contributed by atoms with Crippen LogP contribution < -0.4 is 5.56 Å². The maximum absolute atomic E-state index is 15.7. The smallest absolute Gasteiger partial charge is 0.258 e. The number of benzene rings is 1. The van der Waals surface area contributed by atoms with Crippen LogP contribution in [-0.4, -0.2) is 43.4 Å². The third-order valence-electron chi connectivity index (χ3n) is 6.41. The molecule has 4 aromatic rings. The Labute approximate surface area is 183 Å². The number of rotatable bonds is 3. The Morgan fingerprint density at radius 3 is 2.56 bits per heavy atom. The quantitative estimate of drug-likeness (QED) is 0.517. The number of fused-ring (bicyclic) bond motifs is 2. The second-order valence-electron chi connectivity index (χ2n) is 8.93. The first-order valence-electron chi connectivity index (χ1n) is 10.9. The fourth-order valence-electron chi connectivity index (χ4n) is 4.50. The van der Waals surface area contributed by atoms with Crippen LogP contribution in [0.5, 0.6) is 0 Å². The molecule has 1 saturated heterocycles. The minimum atomic E-state index is -1.77. The summed E-state index contributed by atoms with van der Waals surface area (Å²) in [6, 6.07) is 6.94. The molecule has 166 valence electrons. The molecule has 1 aliphatic heterocycles. The van der Waals surface area contributed by atoms with Crippen molar-refractivity contribution in [2.75, 3.05) is 13.1 Å².